The molecule has 0 aromatic heterocycles. The first-order valence-electron chi connectivity index (χ1n) is 19.0. The third-order valence-electron chi connectivity index (χ3n) is 9.65. The van der Waals surface area contributed by atoms with Crippen LogP contribution in [-0.2, 0) is 13.5 Å². The number of para-hydroxylation sites is 2. The van der Waals surface area contributed by atoms with E-state index in [-0.39, 0.29) is 11.8 Å². The van der Waals surface area contributed by atoms with Crippen LogP contribution in [0.15, 0.2) is 176 Å². The zero-order valence-electron chi connectivity index (χ0n) is 32.1. The minimum atomic E-state index is -2.03. The normalized spacial score (nSPS) is 12.5. The molecule has 1 fully saturated rings. The summed E-state index contributed by atoms with van der Waals surface area (Å²) < 4.78 is 6.03. The third kappa shape index (κ3) is 9.74. The van der Waals surface area contributed by atoms with Gasteiger partial charge in [0.15, 0.2) is 0 Å². The van der Waals surface area contributed by atoms with Gasteiger partial charge in [0.25, 0.3) is 0 Å². The molecule has 0 saturated carbocycles. The monoisotopic (exact) mass is 893 g/mol. The van der Waals surface area contributed by atoms with Crippen molar-refractivity contribution in [1.29, 1.82) is 0 Å². The molecule has 1 heterocycles. The van der Waals surface area contributed by atoms with Crippen LogP contribution in [-0.4, -0.2) is 33.5 Å². The molecule has 0 aliphatic carbocycles. The van der Waals surface area contributed by atoms with Crippen molar-refractivity contribution < 1.29 is 23.2 Å². The summed E-state index contributed by atoms with van der Waals surface area (Å²) in [4.78, 5) is 15.1. The molecule has 0 amide bonds. The van der Waals surface area contributed by atoms with E-state index in [9.17, 15) is 10.1 Å². The van der Waals surface area contributed by atoms with Gasteiger partial charge in [-0.25, -0.2) is 0 Å². The molecular weight excluding hydrogens is 851 g/mol. The zero-order chi connectivity index (χ0) is 40.4. The number of hydrogen-bond donors (Lipinski definition) is 0. The Morgan fingerprint density at radius 1 is 0.603 bits per heavy atom. The number of nitro groups is 1. The van der Waals surface area contributed by atoms with E-state index in [1.54, 1.807) is 10.7 Å². The predicted molar refractivity (Wildman–Crippen MR) is 240 cm³/mol. The Morgan fingerprint density at radius 3 is 1.31 bits per heavy atom. The van der Waals surface area contributed by atoms with Crippen LogP contribution in [0.1, 0.15) is 19.4 Å². The molecule has 1 saturated heterocycles. The molecule has 7 aromatic rings. The van der Waals surface area contributed by atoms with Crippen LogP contribution in [0.2, 0.25) is 0 Å². The molecule has 0 radical (unpaired) electrons. The first-order valence-corrected chi connectivity index (χ1v) is 24.4. The van der Waals surface area contributed by atoms with E-state index in [1.807, 2.05) is 13.8 Å². The van der Waals surface area contributed by atoms with Crippen molar-refractivity contribution in [1.82, 2.24) is 0 Å². The molecule has 1 N–H and O–H groups in total. The van der Waals surface area contributed by atoms with Crippen molar-refractivity contribution in [3.8, 4) is 50.3 Å². The standard InChI is InChI=1S/C39H31N2.C10H11NO3.2ClH.Ru/c1-5-15-30(16-6-1)34-23-13-24-35(31-17-7-2-8-18-31)38(34)40-27-28-41(29-40)39-36(32-19-9-3-10-20-32)25-14-26-37(39)33-21-11-4-12-22-33;1-7(2)14-10-5-4-9(11(12)13)6-8(10)3;;;/h1-26,29H,27-28H2;3-7H,1-2H3;2*1H;/q-1;;;;+2/p-1. The fourth-order valence-electron chi connectivity index (χ4n) is 7.16. The van der Waals surface area contributed by atoms with Crippen molar-refractivity contribution in [2.75, 3.05) is 22.9 Å². The van der Waals surface area contributed by atoms with E-state index in [0.29, 0.717) is 11.3 Å². The number of nitro benzene ring substituents is 1. The van der Waals surface area contributed by atoms with Crippen LogP contribution in [0.4, 0.5) is 17.1 Å². The van der Waals surface area contributed by atoms with E-state index < -0.39 is 18.4 Å². The number of anilines is 2. The molecule has 7 aromatic carbocycles. The summed E-state index contributed by atoms with van der Waals surface area (Å²) in [5.41, 5.74) is 13.0. The van der Waals surface area contributed by atoms with Gasteiger partial charge in [-0.05, 0) is 22.3 Å². The molecule has 9 heteroatoms. The summed E-state index contributed by atoms with van der Waals surface area (Å²) in [6.45, 7) is 7.97. The van der Waals surface area contributed by atoms with Crippen molar-refractivity contribution in [3.05, 3.63) is 198 Å². The maximum absolute atomic E-state index is 10.7. The quantitative estimate of drug-likeness (QED) is 0.0451. The first kappa shape index (κ1) is 40.6. The van der Waals surface area contributed by atoms with E-state index in [0.717, 1.165) is 13.1 Å². The van der Waals surface area contributed by atoms with Crippen LogP contribution in [0, 0.1) is 16.8 Å². The molecule has 0 bridgehead atoms. The SMILES string of the molecule is CC(C)[OH+]c1ccc([N+](=O)[O-])cc1[CH]=[Ru]([Cl])[Cl].c1ccc(-c2cccc(-c3ccccc3)c2N2[CH-]N(c3c(-c4ccccc4)cccc3-c3ccccc3)CC2)cc1. The number of ether oxygens (including phenoxy) is 1. The minimum Gasteiger partial charge on any atom is -0.501 e. The van der Waals surface area contributed by atoms with E-state index >= 15 is 0 Å². The number of halogens is 2. The molecule has 0 unspecified atom stereocenters. The predicted octanol–water partition coefficient (Wildman–Crippen LogP) is 13.1. The van der Waals surface area contributed by atoms with Gasteiger partial charge in [-0.1, -0.05) is 158 Å². The first-order chi connectivity index (χ1) is 28.3. The Hall–Kier alpha value is -5.59. The number of hydrogen-bond acceptors (Lipinski definition) is 4. The van der Waals surface area contributed by atoms with Crippen molar-refractivity contribution in [3.63, 3.8) is 0 Å². The van der Waals surface area contributed by atoms with Crippen LogP contribution in [0.3, 0.4) is 0 Å². The third-order valence-corrected chi connectivity index (χ3v) is 11.5. The van der Waals surface area contributed by atoms with Crippen LogP contribution in [0.25, 0.3) is 44.5 Å². The van der Waals surface area contributed by atoms with Gasteiger partial charge in [-0.3, -0.25) is 0 Å². The second-order valence-electron chi connectivity index (χ2n) is 13.9. The average molecular weight is 894 g/mol. The fraction of sp³-hybridized carbons (Fsp3) is 0.102. The van der Waals surface area contributed by atoms with Gasteiger partial charge in [0.2, 0.25) is 0 Å². The smallest absolute Gasteiger partial charge is 0.0245 e. The van der Waals surface area contributed by atoms with Gasteiger partial charge in [0, 0.05) is 46.7 Å². The summed E-state index contributed by atoms with van der Waals surface area (Å²) >= 11 is -2.03. The maximum atomic E-state index is 10.7. The Morgan fingerprint density at radius 2 is 0.983 bits per heavy atom. The van der Waals surface area contributed by atoms with Gasteiger partial charge >= 0.3 is 112 Å². The summed E-state index contributed by atoms with van der Waals surface area (Å²) in [6.07, 6.45) is 0.106. The second-order valence-corrected chi connectivity index (χ2v) is 19.6. The van der Waals surface area contributed by atoms with Crippen molar-refractivity contribution >= 4 is 41.1 Å². The van der Waals surface area contributed by atoms with Gasteiger partial charge in [-0.15, -0.1) is 0 Å². The van der Waals surface area contributed by atoms with Crippen LogP contribution < -0.4 is 9.80 Å². The number of benzene rings is 7. The molecule has 1 aliphatic heterocycles. The Bertz CT molecular complexity index is 2250. The molecule has 1 aliphatic rings. The number of aromatic hydroxyl groups is 1. The van der Waals surface area contributed by atoms with Crippen LogP contribution in [0.5, 0.6) is 5.75 Å². The van der Waals surface area contributed by atoms with E-state index in [2.05, 4.69) is 179 Å². The molecule has 294 valence electrons. The van der Waals surface area contributed by atoms with Crippen molar-refractivity contribution in [2.45, 2.75) is 20.0 Å². The average Bonchev–Trinajstić information content (AvgIpc) is 3.74. The molecule has 0 spiro atoms. The van der Waals surface area contributed by atoms with Gasteiger partial charge in [-0.2, -0.15) is 6.67 Å². The summed E-state index contributed by atoms with van der Waals surface area (Å²) in [5, 5.41) is 10.7. The van der Waals surface area contributed by atoms with Gasteiger partial charge in [0.05, 0.1) is 0 Å². The Balaban J connectivity index is 0.000000254. The maximum Gasteiger partial charge on any atom is 0.0245 e. The zero-order valence-corrected chi connectivity index (χ0v) is 35.4. The number of nitrogens with zero attached hydrogens (tertiary/aromatic N) is 3. The number of rotatable bonds is 10. The Kier molecular flexibility index (Phi) is 13.5. The van der Waals surface area contributed by atoms with E-state index in [1.165, 1.54) is 68.0 Å². The second kappa shape index (κ2) is 19.2. The summed E-state index contributed by atoms with van der Waals surface area (Å²) in [6, 6.07) is 60.8. The number of aliphatic hydroxyl groups is 1. The van der Waals surface area contributed by atoms with Crippen LogP contribution >= 0.6 is 19.4 Å². The summed E-state index contributed by atoms with van der Waals surface area (Å²) in [5.74, 6) is 0.686. The molecule has 58 heavy (non-hydrogen) atoms. The van der Waals surface area contributed by atoms with Gasteiger partial charge in [0.1, 0.15) is 0 Å². The van der Waals surface area contributed by atoms with Gasteiger partial charge < -0.3 is 9.80 Å². The summed E-state index contributed by atoms with van der Waals surface area (Å²) in [7, 11) is 11.6. The molecular formula is C49H43Cl2N3O3Ru. The fourth-order valence-corrected chi connectivity index (χ4v) is 8.96. The molecule has 6 nitrogen and oxygen atoms in total. The largest absolute Gasteiger partial charge is 0.501 e. The number of non-ortho nitro benzene ring substituents is 1. The Labute approximate surface area is 353 Å². The topological polar surface area (TPSA) is 62.4 Å². The van der Waals surface area contributed by atoms with Crippen molar-refractivity contribution in [2.24, 2.45) is 0 Å². The molecule has 8 rings (SSSR count). The molecule has 0 atom stereocenters. The minimum absolute atomic E-state index is 0.0164. The van der Waals surface area contributed by atoms with E-state index in [4.69, 9.17) is 19.4 Å².